The van der Waals surface area contributed by atoms with E-state index in [9.17, 15) is 9.59 Å². The Kier molecular flexibility index (Phi) is 38.6. The van der Waals surface area contributed by atoms with Crippen LogP contribution in [0.4, 0.5) is 0 Å². The molecule has 0 heterocycles. The van der Waals surface area contributed by atoms with Crippen LogP contribution in [0, 0.1) is 5.92 Å². The van der Waals surface area contributed by atoms with Crippen molar-refractivity contribution in [3.63, 3.8) is 0 Å². The molecule has 0 fully saturated rings. The van der Waals surface area contributed by atoms with E-state index in [1.165, 1.54) is 64.2 Å². The first-order valence-electron chi connectivity index (χ1n) is 15.4. The van der Waals surface area contributed by atoms with Crippen LogP contribution in [-0.4, -0.2) is 37.0 Å². The van der Waals surface area contributed by atoms with Gasteiger partial charge in [0, 0.05) is 13.1 Å². The van der Waals surface area contributed by atoms with Crippen LogP contribution in [0.25, 0.3) is 0 Å². The maximum atomic E-state index is 12.2. The van der Waals surface area contributed by atoms with E-state index in [4.69, 9.17) is 4.74 Å². The van der Waals surface area contributed by atoms with Gasteiger partial charge in [0.05, 0.1) is 12.5 Å². The molecule has 0 N–H and O–H groups in total. The third-order valence-electron chi connectivity index (χ3n) is 5.76. The summed E-state index contributed by atoms with van der Waals surface area (Å²) in [4.78, 5) is 25.3. The van der Waals surface area contributed by atoms with Gasteiger partial charge in [-0.05, 0) is 38.5 Å². The van der Waals surface area contributed by atoms with Crippen molar-refractivity contribution in [1.29, 1.82) is 0 Å². The molecule has 0 aliphatic rings. The molecule has 0 aromatic heterocycles. The molecule has 0 aliphatic heterocycles. The van der Waals surface area contributed by atoms with Crippen molar-refractivity contribution in [2.24, 2.45) is 5.92 Å². The van der Waals surface area contributed by atoms with E-state index in [1.807, 2.05) is 4.90 Å². The van der Waals surface area contributed by atoms with E-state index in [2.05, 4.69) is 48.5 Å². The molecule has 0 spiro atoms. The molecule has 0 aromatic rings. The lowest BCUT2D eigenvalue weighted by molar-refractivity contribution is -0.149. The Morgan fingerprint density at radius 1 is 0.657 bits per heavy atom. The Bertz CT molecular complexity index is 399. The molecule has 1 atom stereocenters. The summed E-state index contributed by atoms with van der Waals surface area (Å²) in [6.45, 7) is 17.3. The predicted octanol–water partition coefficient (Wildman–Crippen LogP) is 9.74. The molecule has 4 nitrogen and oxygen atoms in total. The zero-order valence-corrected chi connectivity index (χ0v) is 25.2. The van der Waals surface area contributed by atoms with Crippen molar-refractivity contribution < 1.29 is 14.3 Å². The van der Waals surface area contributed by atoms with Crippen LogP contribution in [0.1, 0.15) is 164 Å². The number of nitrogens with zero attached hydrogens (tertiary/aromatic N) is 1. The second-order valence-electron chi connectivity index (χ2n) is 9.86. The smallest absolute Gasteiger partial charge is 0.308 e. The van der Waals surface area contributed by atoms with Crippen molar-refractivity contribution in [2.75, 3.05) is 19.7 Å². The molecule has 0 saturated carbocycles. The summed E-state index contributed by atoms with van der Waals surface area (Å²) >= 11 is 0. The first-order valence-corrected chi connectivity index (χ1v) is 15.4. The fourth-order valence-electron chi connectivity index (χ4n) is 3.68. The number of amides is 1. The molecule has 1 unspecified atom stereocenters. The topological polar surface area (TPSA) is 46.6 Å². The number of hydrogen-bond acceptors (Lipinski definition) is 3. The lowest BCUT2D eigenvalue weighted by atomic mass is 9.98. The van der Waals surface area contributed by atoms with Crippen molar-refractivity contribution in [2.45, 2.75) is 164 Å². The van der Waals surface area contributed by atoms with Gasteiger partial charge in [0.15, 0.2) is 0 Å². The van der Waals surface area contributed by atoms with E-state index in [0.29, 0.717) is 6.61 Å². The number of rotatable bonds is 22. The summed E-state index contributed by atoms with van der Waals surface area (Å²) < 4.78 is 5.51. The normalized spacial score (nSPS) is 10.9. The number of hydrogen-bond donors (Lipinski definition) is 0. The molecule has 0 aromatic carbocycles. The van der Waals surface area contributed by atoms with Crippen molar-refractivity contribution >= 4 is 12.4 Å². The highest BCUT2D eigenvalue weighted by Crippen LogP contribution is 2.17. The van der Waals surface area contributed by atoms with Crippen LogP contribution in [0.2, 0.25) is 0 Å². The monoisotopic (exact) mass is 499 g/mol. The summed E-state index contributed by atoms with van der Waals surface area (Å²) in [7, 11) is 0. The fraction of sp³-hybridized carbons (Fsp3) is 0.935. The van der Waals surface area contributed by atoms with E-state index in [0.717, 1.165) is 70.9 Å². The molecule has 0 saturated heterocycles. The van der Waals surface area contributed by atoms with Crippen LogP contribution in [0.3, 0.4) is 0 Å². The van der Waals surface area contributed by atoms with Crippen LogP contribution < -0.4 is 0 Å². The Hall–Kier alpha value is -1.06. The number of unbranched alkanes of at least 4 members (excludes halogenated alkanes) is 11. The lowest BCUT2D eigenvalue weighted by Gasteiger charge is -2.17. The van der Waals surface area contributed by atoms with E-state index in [-0.39, 0.29) is 11.9 Å². The van der Waals surface area contributed by atoms with Crippen LogP contribution in [0.15, 0.2) is 0 Å². The van der Waals surface area contributed by atoms with Gasteiger partial charge in [-0.1, -0.05) is 126 Å². The summed E-state index contributed by atoms with van der Waals surface area (Å²) in [6, 6.07) is 0. The van der Waals surface area contributed by atoms with Crippen LogP contribution in [-0.2, 0) is 14.3 Å². The van der Waals surface area contributed by atoms with Gasteiger partial charge >= 0.3 is 5.97 Å². The molecule has 0 radical (unpaired) electrons. The Labute approximate surface area is 221 Å². The second kappa shape index (κ2) is 35.1. The van der Waals surface area contributed by atoms with E-state index >= 15 is 0 Å². The third-order valence-corrected chi connectivity index (χ3v) is 5.76. The minimum absolute atomic E-state index is 0.000248. The molecule has 1 amide bonds. The minimum atomic E-state index is 0.000248. The van der Waals surface area contributed by atoms with Crippen molar-refractivity contribution in [3.05, 3.63) is 0 Å². The number of carbonyl (C=O) groups excluding carboxylic acids is 2. The van der Waals surface area contributed by atoms with Gasteiger partial charge in [-0.3, -0.25) is 9.59 Å². The zero-order valence-electron chi connectivity index (χ0n) is 25.2. The van der Waals surface area contributed by atoms with Crippen molar-refractivity contribution in [1.82, 2.24) is 4.90 Å². The highest BCUT2D eigenvalue weighted by Gasteiger charge is 2.17. The van der Waals surface area contributed by atoms with Gasteiger partial charge < -0.3 is 9.64 Å². The molecule has 212 valence electrons. The number of esters is 1. The Balaban J connectivity index is -0.00000153. The summed E-state index contributed by atoms with van der Waals surface area (Å²) in [6.07, 6.45) is 21.9. The van der Waals surface area contributed by atoms with Gasteiger partial charge in [0.25, 0.3) is 0 Å². The average Bonchev–Trinajstić information content (AvgIpc) is 2.85. The first kappa shape index (κ1) is 38.5. The average molecular weight is 500 g/mol. The zero-order chi connectivity index (χ0) is 27.0. The van der Waals surface area contributed by atoms with Crippen molar-refractivity contribution in [3.8, 4) is 0 Å². The first-order chi connectivity index (χ1) is 17.0. The molecule has 4 heteroatoms. The number of carbonyl (C=O) groups is 2. The largest absolute Gasteiger partial charge is 0.465 e. The lowest BCUT2D eigenvalue weighted by Crippen LogP contribution is -2.24. The molecule has 0 aliphatic carbocycles. The SMILES string of the molecule is CCC.CCC.CCCCCCCCC(CC)C(=O)OCCCCCCN(C=O)CCCCCC. The highest BCUT2D eigenvalue weighted by atomic mass is 16.5. The highest BCUT2D eigenvalue weighted by molar-refractivity contribution is 5.72. The third kappa shape index (κ3) is 32.9. The Morgan fingerprint density at radius 2 is 1.09 bits per heavy atom. The van der Waals surface area contributed by atoms with E-state index < -0.39 is 0 Å². The van der Waals surface area contributed by atoms with Gasteiger partial charge in [-0.15, -0.1) is 0 Å². The maximum Gasteiger partial charge on any atom is 0.308 e. The standard InChI is InChI=1S/C25H49NO3.2C3H8/c1-4-7-9-11-12-15-19-24(6-3)25(28)29-22-18-14-13-17-21-26(23-27)20-16-10-8-5-2;2*1-3-2/h23-24H,4-22H2,1-3H3;2*3H2,1-2H3. The quantitative estimate of drug-likeness (QED) is 0.0845. The Morgan fingerprint density at radius 3 is 1.57 bits per heavy atom. The summed E-state index contributed by atoms with van der Waals surface area (Å²) in [5, 5.41) is 0. The van der Waals surface area contributed by atoms with Gasteiger partial charge in [-0.2, -0.15) is 0 Å². The fourth-order valence-corrected chi connectivity index (χ4v) is 3.68. The van der Waals surface area contributed by atoms with E-state index in [1.54, 1.807) is 0 Å². The molecular formula is C31H65NO3. The van der Waals surface area contributed by atoms with Gasteiger partial charge in [0.1, 0.15) is 0 Å². The molecule has 35 heavy (non-hydrogen) atoms. The molecule has 0 rings (SSSR count). The van der Waals surface area contributed by atoms with Gasteiger partial charge in [-0.25, -0.2) is 0 Å². The van der Waals surface area contributed by atoms with Crippen LogP contribution in [0.5, 0.6) is 0 Å². The second-order valence-corrected chi connectivity index (χ2v) is 9.86. The number of ether oxygens (including phenoxy) is 1. The maximum absolute atomic E-state index is 12.2. The minimum Gasteiger partial charge on any atom is -0.465 e. The molecule has 0 bridgehead atoms. The van der Waals surface area contributed by atoms with Gasteiger partial charge in [0.2, 0.25) is 6.41 Å². The predicted molar refractivity (Wildman–Crippen MR) is 155 cm³/mol. The summed E-state index contributed by atoms with van der Waals surface area (Å²) in [5.41, 5.74) is 0. The summed E-state index contributed by atoms with van der Waals surface area (Å²) in [5.74, 6) is 0.0790. The van der Waals surface area contributed by atoms with Crippen LogP contribution >= 0.6 is 0 Å². The molecular weight excluding hydrogens is 434 g/mol.